The normalized spacial score (nSPS) is 11.8. The number of ether oxygens (including phenoxy) is 1. The minimum absolute atomic E-state index is 0.0364. The van der Waals surface area contributed by atoms with Gasteiger partial charge in [0.05, 0.1) is 32.2 Å². The first-order chi connectivity index (χ1) is 19.1. The Bertz CT molecular complexity index is 1780. The van der Waals surface area contributed by atoms with E-state index in [1.807, 2.05) is 24.3 Å². The van der Waals surface area contributed by atoms with Crippen molar-refractivity contribution >= 4 is 60.6 Å². The Morgan fingerprint density at radius 1 is 0.975 bits per heavy atom. The van der Waals surface area contributed by atoms with Crippen molar-refractivity contribution in [1.29, 1.82) is 0 Å². The predicted molar refractivity (Wildman–Crippen MR) is 157 cm³/mol. The molecule has 0 spiro atoms. The lowest BCUT2D eigenvalue weighted by Gasteiger charge is -2.13. The van der Waals surface area contributed by atoms with E-state index in [1.165, 1.54) is 18.3 Å². The van der Waals surface area contributed by atoms with E-state index in [0.717, 1.165) is 26.8 Å². The fraction of sp³-hybridized carbons (Fsp3) is 0.0690. The highest BCUT2D eigenvalue weighted by Gasteiger charge is 2.31. The second-order valence-electron chi connectivity index (χ2n) is 8.62. The molecule has 0 saturated carbocycles. The Labute approximate surface area is 248 Å². The maximum Gasteiger partial charge on any atom is 0.416 e. The molecule has 202 valence electrons. The second-order valence-corrected chi connectivity index (χ2v) is 10.8. The molecule has 0 aliphatic carbocycles. The maximum absolute atomic E-state index is 13.4. The highest BCUT2D eigenvalue weighted by Crippen LogP contribution is 2.35. The van der Waals surface area contributed by atoms with Crippen molar-refractivity contribution in [3.05, 3.63) is 126 Å². The number of aromatic nitrogens is 2. The van der Waals surface area contributed by atoms with Crippen LogP contribution in [0.4, 0.5) is 13.2 Å². The first-order valence-corrected chi connectivity index (χ1v) is 13.7. The summed E-state index contributed by atoms with van der Waals surface area (Å²) in [7, 11) is 0. The van der Waals surface area contributed by atoms with E-state index in [1.54, 1.807) is 36.4 Å². The zero-order chi connectivity index (χ0) is 28.4. The number of benzene rings is 4. The van der Waals surface area contributed by atoms with Crippen LogP contribution < -0.4 is 10.3 Å². The Morgan fingerprint density at radius 3 is 2.45 bits per heavy atom. The van der Waals surface area contributed by atoms with Gasteiger partial charge in [-0.15, -0.1) is 0 Å². The van der Waals surface area contributed by atoms with Gasteiger partial charge in [-0.25, -0.2) is 4.98 Å². The molecule has 0 bridgehead atoms. The van der Waals surface area contributed by atoms with Crippen molar-refractivity contribution in [2.45, 2.75) is 12.8 Å². The van der Waals surface area contributed by atoms with E-state index in [4.69, 9.17) is 16.3 Å². The van der Waals surface area contributed by atoms with Gasteiger partial charge in [-0.1, -0.05) is 63.9 Å². The molecule has 0 aliphatic heterocycles. The summed E-state index contributed by atoms with van der Waals surface area (Å²) in [6.45, 7) is 0.289. The molecule has 5 rings (SSSR count). The van der Waals surface area contributed by atoms with Gasteiger partial charge >= 0.3 is 6.18 Å². The molecule has 0 fully saturated rings. The van der Waals surface area contributed by atoms with Crippen LogP contribution in [0.25, 0.3) is 22.3 Å². The third-order valence-corrected chi connectivity index (χ3v) is 7.24. The number of nitrogens with zero attached hydrogens (tertiary/aromatic N) is 3. The molecule has 1 aromatic heterocycles. The summed E-state index contributed by atoms with van der Waals surface area (Å²) in [5.74, 6) is 0.390. The largest absolute Gasteiger partial charge is 0.486 e. The summed E-state index contributed by atoms with van der Waals surface area (Å²) in [5.41, 5.74) is 0.492. The monoisotopic (exact) mass is 689 g/mol. The molecule has 0 saturated heterocycles. The van der Waals surface area contributed by atoms with Crippen LogP contribution in [-0.2, 0) is 12.8 Å². The van der Waals surface area contributed by atoms with Crippen LogP contribution in [-0.4, -0.2) is 15.9 Å². The quantitative estimate of drug-likeness (QED) is 0.168. The highest BCUT2D eigenvalue weighted by molar-refractivity contribution is 9.10. The number of hydrogen-bond acceptors (Lipinski definition) is 4. The average molecular weight is 692 g/mol. The van der Waals surface area contributed by atoms with Gasteiger partial charge in [-0.3, -0.25) is 4.79 Å². The van der Waals surface area contributed by atoms with Gasteiger partial charge in [-0.05, 0) is 75.6 Å². The van der Waals surface area contributed by atoms with Gasteiger partial charge in [0, 0.05) is 10.0 Å². The zero-order valence-corrected chi connectivity index (χ0v) is 24.2. The fourth-order valence-corrected chi connectivity index (χ4v) is 5.16. The summed E-state index contributed by atoms with van der Waals surface area (Å²) in [5, 5.41) is 4.89. The van der Waals surface area contributed by atoms with Crippen LogP contribution in [0, 0.1) is 0 Å². The van der Waals surface area contributed by atoms with Gasteiger partial charge < -0.3 is 4.74 Å². The van der Waals surface area contributed by atoms with Crippen LogP contribution in [0.2, 0.25) is 5.02 Å². The van der Waals surface area contributed by atoms with Crippen molar-refractivity contribution in [3.63, 3.8) is 0 Å². The summed E-state index contributed by atoms with van der Waals surface area (Å²) in [4.78, 5) is 17.9. The summed E-state index contributed by atoms with van der Waals surface area (Å²) in [6.07, 6.45) is -3.18. The van der Waals surface area contributed by atoms with Crippen LogP contribution in [0.5, 0.6) is 5.75 Å². The van der Waals surface area contributed by atoms with Crippen molar-refractivity contribution < 1.29 is 17.9 Å². The molecule has 0 N–H and O–H groups in total. The summed E-state index contributed by atoms with van der Waals surface area (Å²) in [6, 6.07) is 22.1. The Balaban J connectivity index is 1.52. The van der Waals surface area contributed by atoms with Gasteiger partial charge in [0.15, 0.2) is 11.6 Å². The summed E-state index contributed by atoms with van der Waals surface area (Å²) < 4.78 is 48.6. The first-order valence-electron chi connectivity index (χ1n) is 11.7. The average Bonchev–Trinajstić information content (AvgIpc) is 2.92. The predicted octanol–water partition coefficient (Wildman–Crippen LogP) is 8.72. The molecule has 0 atom stereocenters. The number of fused-ring (bicyclic) bond motifs is 1. The molecule has 4 aromatic carbocycles. The maximum atomic E-state index is 13.4. The van der Waals surface area contributed by atoms with E-state index in [0.29, 0.717) is 26.3 Å². The molecule has 1 heterocycles. The molecule has 0 amide bonds. The molecular formula is C29H17Br2ClF3N3O2. The topological polar surface area (TPSA) is 56.5 Å². The second kappa shape index (κ2) is 11.6. The summed E-state index contributed by atoms with van der Waals surface area (Å²) >= 11 is 13.4. The third kappa shape index (κ3) is 6.14. The van der Waals surface area contributed by atoms with Crippen LogP contribution >= 0.6 is 43.5 Å². The Morgan fingerprint density at radius 2 is 1.73 bits per heavy atom. The molecule has 40 heavy (non-hydrogen) atoms. The first kappa shape index (κ1) is 28.1. The minimum Gasteiger partial charge on any atom is -0.486 e. The molecule has 5 aromatic rings. The van der Waals surface area contributed by atoms with Gasteiger partial charge in [0.25, 0.3) is 5.56 Å². The SMILES string of the molecule is O=c1c2ccccc2nc(-c2cccc(C(F)(F)F)c2)n1N=Cc1cc(Cl)c(OCc2ccc(Br)cc2)c(Br)c1. The lowest BCUT2D eigenvalue weighted by molar-refractivity contribution is -0.137. The number of alkyl halides is 3. The van der Waals surface area contributed by atoms with Gasteiger partial charge in [-0.2, -0.15) is 22.9 Å². The van der Waals surface area contributed by atoms with Crippen molar-refractivity contribution in [1.82, 2.24) is 9.66 Å². The van der Waals surface area contributed by atoms with Crippen LogP contribution in [0.15, 0.2) is 104 Å². The van der Waals surface area contributed by atoms with Crippen molar-refractivity contribution in [2.75, 3.05) is 0 Å². The van der Waals surface area contributed by atoms with E-state index < -0.39 is 17.3 Å². The third-order valence-electron chi connectivity index (χ3n) is 5.84. The standard InChI is InChI=1S/C29H17Br2ClF3N3O2/c30-21-10-8-17(9-11-21)16-40-26-23(31)12-18(13-24(26)32)15-36-38-27(19-4-3-5-20(14-19)29(33,34)35)37-25-7-2-1-6-22(25)28(38)39/h1-15H,16H2. The number of rotatable bonds is 6. The molecular weight excluding hydrogens is 675 g/mol. The van der Waals surface area contributed by atoms with Crippen molar-refractivity contribution in [2.24, 2.45) is 5.10 Å². The minimum atomic E-state index is -4.56. The molecule has 0 unspecified atom stereocenters. The Hall–Kier alpha value is -3.47. The van der Waals surface area contributed by atoms with E-state index in [-0.39, 0.29) is 23.4 Å². The molecule has 0 radical (unpaired) electrons. The van der Waals surface area contributed by atoms with E-state index >= 15 is 0 Å². The molecule has 11 heteroatoms. The van der Waals surface area contributed by atoms with Crippen molar-refractivity contribution in [3.8, 4) is 17.1 Å². The smallest absolute Gasteiger partial charge is 0.416 e. The lowest BCUT2D eigenvalue weighted by Crippen LogP contribution is -2.20. The van der Waals surface area contributed by atoms with E-state index in [2.05, 4.69) is 41.9 Å². The number of halogens is 6. The van der Waals surface area contributed by atoms with Crippen LogP contribution in [0.1, 0.15) is 16.7 Å². The van der Waals surface area contributed by atoms with Gasteiger partial charge in [0.2, 0.25) is 0 Å². The Kier molecular flexibility index (Phi) is 8.11. The highest BCUT2D eigenvalue weighted by atomic mass is 79.9. The number of para-hydroxylation sites is 1. The fourth-order valence-electron chi connectivity index (χ4n) is 3.90. The lowest BCUT2D eigenvalue weighted by atomic mass is 10.1. The molecule has 5 nitrogen and oxygen atoms in total. The number of hydrogen-bond donors (Lipinski definition) is 0. The van der Waals surface area contributed by atoms with E-state index in [9.17, 15) is 18.0 Å². The van der Waals surface area contributed by atoms with Gasteiger partial charge in [0.1, 0.15) is 6.61 Å². The molecule has 0 aliphatic rings. The zero-order valence-electron chi connectivity index (χ0n) is 20.3. The van der Waals surface area contributed by atoms with Crippen LogP contribution in [0.3, 0.4) is 0 Å².